The molecule has 1 aromatic carbocycles. The number of nitrogens with zero attached hydrogens (tertiary/aromatic N) is 2. The molecule has 20 heavy (non-hydrogen) atoms. The van der Waals surface area contributed by atoms with E-state index in [1.807, 2.05) is 13.1 Å². The molecule has 1 aliphatic heterocycles. The van der Waals surface area contributed by atoms with E-state index in [2.05, 4.69) is 50.2 Å². The van der Waals surface area contributed by atoms with Gasteiger partial charge in [0.15, 0.2) is 0 Å². The monoisotopic (exact) mass is 341 g/mol. The van der Waals surface area contributed by atoms with E-state index in [-0.39, 0.29) is 0 Å². The zero-order valence-electron chi connectivity index (χ0n) is 12.4. The normalized spacial score (nSPS) is 17.4. The highest BCUT2D eigenvalue weighted by Gasteiger charge is 2.13. The number of halogens is 1. The topological polar surface area (TPSA) is 27.7 Å². The number of rotatable bonds is 6. The highest BCUT2D eigenvalue weighted by atomic mass is 79.9. The third kappa shape index (κ3) is 4.74. The molecular weight excluding hydrogens is 318 g/mol. The van der Waals surface area contributed by atoms with Crippen molar-refractivity contribution in [3.63, 3.8) is 0 Å². The first kappa shape index (κ1) is 15.8. The van der Waals surface area contributed by atoms with Crippen LogP contribution in [0.4, 0.5) is 0 Å². The standard InChI is InChI=1S/C15H24BrN3O/c1-17-12-13-3-4-15(14(16)11-13)20-10-9-19-7-5-18(2)6-8-19/h3-4,11,17H,5-10,12H2,1-2H3. The van der Waals surface area contributed by atoms with Gasteiger partial charge in [0.2, 0.25) is 0 Å². The molecule has 1 fully saturated rings. The van der Waals surface area contributed by atoms with Crippen LogP contribution in [0.15, 0.2) is 22.7 Å². The molecule has 0 saturated carbocycles. The van der Waals surface area contributed by atoms with Gasteiger partial charge in [-0.15, -0.1) is 0 Å². The van der Waals surface area contributed by atoms with Gasteiger partial charge in [0, 0.05) is 39.3 Å². The first-order chi connectivity index (χ1) is 9.69. The maximum Gasteiger partial charge on any atom is 0.133 e. The van der Waals surface area contributed by atoms with Crippen LogP contribution in [-0.4, -0.2) is 63.2 Å². The van der Waals surface area contributed by atoms with Gasteiger partial charge < -0.3 is 15.0 Å². The summed E-state index contributed by atoms with van der Waals surface area (Å²) in [6.45, 7) is 7.21. The maximum absolute atomic E-state index is 5.88. The number of benzene rings is 1. The van der Waals surface area contributed by atoms with Crippen molar-refractivity contribution < 1.29 is 4.74 Å². The van der Waals surface area contributed by atoms with Gasteiger partial charge in [0.1, 0.15) is 12.4 Å². The molecule has 4 nitrogen and oxygen atoms in total. The van der Waals surface area contributed by atoms with Crippen LogP contribution in [0.25, 0.3) is 0 Å². The number of piperazine rings is 1. The molecule has 1 N–H and O–H groups in total. The summed E-state index contributed by atoms with van der Waals surface area (Å²) in [5, 5.41) is 3.15. The van der Waals surface area contributed by atoms with Gasteiger partial charge in [0.25, 0.3) is 0 Å². The quantitative estimate of drug-likeness (QED) is 0.853. The Kier molecular flexibility index (Phi) is 6.29. The Morgan fingerprint density at radius 3 is 2.65 bits per heavy atom. The van der Waals surface area contributed by atoms with Crippen molar-refractivity contribution in [1.29, 1.82) is 0 Å². The van der Waals surface area contributed by atoms with Crippen LogP contribution in [0.5, 0.6) is 5.75 Å². The average Bonchev–Trinajstić information content (AvgIpc) is 2.44. The molecule has 0 radical (unpaired) electrons. The minimum absolute atomic E-state index is 0.744. The van der Waals surface area contributed by atoms with Crippen molar-refractivity contribution >= 4 is 15.9 Å². The number of hydrogen-bond acceptors (Lipinski definition) is 4. The molecule has 0 aliphatic carbocycles. The van der Waals surface area contributed by atoms with E-state index in [9.17, 15) is 0 Å². The molecular formula is C15H24BrN3O. The van der Waals surface area contributed by atoms with Gasteiger partial charge in [-0.3, -0.25) is 4.90 Å². The molecule has 0 unspecified atom stereocenters. The predicted molar refractivity (Wildman–Crippen MR) is 86.3 cm³/mol. The number of hydrogen-bond donors (Lipinski definition) is 1. The predicted octanol–water partition coefficient (Wildman–Crippen LogP) is 1.79. The summed E-state index contributed by atoms with van der Waals surface area (Å²) in [6.07, 6.45) is 0. The van der Waals surface area contributed by atoms with Crippen LogP contribution in [0, 0.1) is 0 Å². The van der Waals surface area contributed by atoms with Gasteiger partial charge in [-0.2, -0.15) is 0 Å². The minimum atomic E-state index is 0.744. The van der Waals surface area contributed by atoms with Crippen LogP contribution in [0.2, 0.25) is 0 Å². The number of nitrogens with one attached hydrogen (secondary N) is 1. The fourth-order valence-corrected chi connectivity index (χ4v) is 2.87. The van der Waals surface area contributed by atoms with E-state index in [1.54, 1.807) is 0 Å². The molecule has 1 aromatic rings. The Morgan fingerprint density at radius 2 is 2.00 bits per heavy atom. The summed E-state index contributed by atoms with van der Waals surface area (Å²) < 4.78 is 6.91. The molecule has 1 aliphatic rings. The van der Waals surface area contributed by atoms with Crippen LogP contribution < -0.4 is 10.1 Å². The van der Waals surface area contributed by atoms with Crippen LogP contribution in [0.1, 0.15) is 5.56 Å². The smallest absolute Gasteiger partial charge is 0.133 e. The highest BCUT2D eigenvalue weighted by molar-refractivity contribution is 9.10. The Labute approximate surface area is 130 Å². The molecule has 1 saturated heterocycles. The van der Waals surface area contributed by atoms with E-state index in [0.717, 1.165) is 56.1 Å². The second-order valence-electron chi connectivity index (χ2n) is 5.29. The first-order valence-electron chi connectivity index (χ1n) is 7.16. The lowest BCUT2D eigenvalue weighted by Gasteiger charge is -2.32. The van der Waals surface area contributed by atoms with Crippen LogP contribution in [0.3, 0.4) is 0 Å². The molecule has 0 aromatic heterocycles. The highest BCUT2D eigenvalue weighted by Crippen LogP contribution is 2.26. The van der Waals surface area contributed by atoms with E-state index in [1.165, 1.54) is 5.56 Å². The van der Waals surface area contributed by atoms with Gasteiger partial charge in [-0.1, -0.05) is 6.07 Å². The zero-order chi connectivity index (χ0) is 14.4. The fourth-order valence-electron chi connectivity index (χ4n) is 2.33. The van der Waals surface area contributed by atoms with Gasteiger partial charge in [0.05, 0.1) is 4.47 Å². The largest absolute Gasteiger partial charge is 0.491 e. The molecule has 5 heteroatoms. The van der Waals surface area contributed by atoms with Crippen molar-refractivity contribution in [3.8, 4) is 5.75 Å². The number of ether oxygens (including phenoxy) is 1. The summed E-state index contributed by atoms with van der Waals surface area (Å²) in [6, 6.07) is 6.26. The molecule has 2 rings (SSSR count). The van der Waals surface area contributed by atoms with Gasteiger partial charge in [-0.25, -0.2) is 0 Å². The lowest BCUT2D eigenvalue weighted by molar-refractivity contribution is 0.133. The van der Waals surface area contributed by atoms with Crippen LogP contribution >= 0.6 is 15.9 Å². The average molecular weight is 342 g/mol. The molecule has 1 heterocycles. The van der Waals surface area contributed by atoms with E-state index >= 15 is 0 Å². The Morgan fingerprint density at radius 1 is 1.25 bits per heavy atom. The van der Waals surface area contributed by atoms with Crippen LogP contribution in [-0.2, 0) is 6.54 Å². The second-order valence-corrected chi connectivity index (χ2v) is 6.14. The Bertz CT molecular complexity index is 420. The Balaban J connectivity index is 1.76. The first-order valence-corrected chi connectivity index (χ1v) is 7.95. The third-order valence-electron chi connectivity index (χ3n) is 3.64. The molecule has 0 spiro atoms. The summed E-state index contributed by atoms with van der Waals surface area (Å²) in [7, 11) is 4.13. The summed E-state index contributed by atoms with van der Waals surface area (Å²) in [5.41, 5.74) is 1.26. The lowest BCUT2D eigenvalue weighted by atomic mass is 10.2. The van der Waals surface area contributed by atoms with Crippen molar-refractivity contribution in [2.24, 2.45) is 0 Å². The molecule has 0 amide bonds. The molecule has 0 bridgehead atoms. The van der Waals surface area contributed by atoms with Crippen molar-refractivity contribution in [1.82, 2.24) is 15.1 Å². The Hall–Kier alpha value is -0.620. The molecule has 112 valence electrons. The summed E-state index contributed by atoms with van der Waals surface area (Å²) in [5.74, 6) is 0.930. The minimum Gasteiger partial charge on any atom is -0.491 e. The van der Waals surface area contributed by atoms with Crippen molar-refractivity contribution in [2.45, 2.75) is 6.54 Å². The molecule has 0 atom stereocenters. The van der Waals surface area contributed by atoms with Crippen molar-refractivity contribution in [2.75, 3.05) is 53.4 Å². The number of likely N-dealkylation sites (N-methyl/N-ethyl adjacent to an activating group) is 1. The third-order valence-corrected chi connectivity index (χ3v) is 4.26. The fraction of sp³-hybridized carbons (Fsp3) is 0.600. The second kappa shape index (κ2) is 7.98. The maximum atomic E-state index is 5.88. The van der Waals surface area contributed by atoms with E-state index in [0.29, 0.717) is 0 Å². The summed E-state index contributed by atoms with van der Waals surface area (Å²) in [4.78, 5) is 4.83. The summed E-state index contributed by atoms with van der Waals surface area (Å²) >= 11 is 3.58. The van der Waals surface area contributed by atoms with Gasteiger partial charge >= 0.3 is 0 Å². The van der Waals surface area contributed by atoms with Gasteiger partial charge in [-0.05, 0) is 47.7 Å². The van der Waals surface area contributed by atoms with Crippen molar-refractivity contribution in [3.05, 3.63) is 28.2 Å². The zero-order valence-corrected chi connectivity index (χ0v) is 13.9. The SMILES string of the molecule is CNCc1ccc(OCCN2CCN(C)CC2)c(Br)c1. The van der Waals surface area contributed by atoms with E-state index in [4.69, 9.17) is 4.74 Å². The lowest BCUT2D eigenvalue weighted by Crippen LogP contribution is -2.45. The van der Waals surface area contributed by atoms with E-state index < -0.39 is 0 Å².